The van der Waals surface area contributed by atoms with Crippen molar-refractivity contribution in [2.75, 3.05) is 11.9 Å². The maximum atomic E-state index is 13.5. The lowest BCUT2D eigenvalue weighted by molar-refractivity contribution is 0.259. The average molecular weight is 428 g/mol. The highest BCUT2D eigenvalue weighted by Gasteiger charge is 2.21. The minimum Gasteiger partial charge on any atom is -0.355 e. The van der Waals surface area contributed by atoms with Crippen molar-refractivity contribution in [1.82, 2.24) is 4.90 Å². The molecule has 1 atom stereocenters. The number of nitrogens with zero attached hydrogens (tertiary/aromatic N) is 2. The van der Waals surface area contributed by atoms with E-state index in [0.717, 1.165) is 47.9 Å². The molecule has 0 bridgehead atoms. The van der Waals surface area contributed by atoms with Gasteiger partial charge >= 0.3 is 0 Å². The maximum Gasteiger partial charge on any atom is 0.131 e. The van der Waals surface area contributed by atoms with Gasteiger partial charge in [0.1, 0.15) is 11.7 Å². The van der Waals surface area contributed by atoms with Gasteiger partial charge < -0.3 is 10.2 Å². The molecule has 0 saturated carbocycles. The molecule has 3 aromatic carbocycles. The summed E-state index contributed by atoms with van der Waals surface area (Å²) in [6, 6.07) is 25.3. The first-order valence-electron chi connectivity index (χ1n) is 11.3. The molecule has 3 aromatic rings. The number of benzene rings is 3. The molecule has 4 heteroatoms. The summed E-state index contributed by atoms with van der Waals surface area (Å²) in [7, 11) is 0. The van der Waals surface area contributed by atoms with Crippen LogP contribution in [0, 0.1) is 12.7 Å². The molecule has 1 heterocycles. The van der Waals surface area contributed by atoms with Crippen LogP contribution in [0.2, 0.25) is 0 Å². The van der Waals surface area contributed by atoms with Gasteiger partial charge in [0.05, 0.1) is 5.69 Å². The van der Waals surface area contributed by atoms with E-state index in [2.05, 4.69) is 42.3 Å². The number of aliphatic imine (C=N–C) groups is 1. The fraction of sp³-hybridized carbons (Fsp3) is 0.250. The number of nitrogens with one attached hydrogen (secondary N) is 1. The summed E-state index contributed by atoms with van der Waals surface area (Å²) in [6.45, 7) is 5.36. The van der Waals surface area contributed by atoms with Gasteiger partial charge in [0.15, 0.2) is 0 Å². The minimum atomic E-state index is -0.245. The second kappa shape index (κ2) is 10.3. The molecule has 4 rings (SSSR count). The summed E-state index contributed by atoms with van der Waals surface area (Å²) >= 11 is 0. The zero-order valence-corrected chi connectivity index (χ0v) is 18.8. The molecule has 0 aliphatic carbocycles. The predicted octanol–water partition coefficient (Wildman–Crippen LogP) is 7.19. The molecule has 0 aromatic heterocycles. The van der Waals surface area contributed by atoms with Crippen molar-refractivity contribution in [3.8, 4) is 0 Å². The van der Waals surface area contributed by atoms with Crippen LogP contribution in [-0.2, 0) is 0 Å². The van der Waals surface area contributed by atoms with Crippen LogP contribution in [0.5, 0.6) is 0 Å². The molecule has 1 saturated heterocycles. The number of para-hydroxylation sites is 1. The Morgan fingerprint density at radius 1 is 0.969 bits per heavy atom. The molecule has 1 N–H and O–H groups in total. The first-order chi connectivity index (χ1) is 15.6. The Labute approximate surface area is 190 Å². The molecule has 0 radical (unpaired) electrons. The molecule has 1 aliphatic rings. The second-order valence-electron chi connectivity index (χ2n) is 8.35. The monoisotopic (exact) mass is 427 g/mol. The second-order valence-corrected chi connectivity index (χ2v) is 8.35. The highest BCUT2D eigenvalue weighted by molar-refractivity contribution is 6.02. The third-order valence-corrected chi connectivity index (χ3v) is 5.93. The Hall–Kier alpha value is -3.40. The lowest BCUT2D eigenvalue weighted by atomic mass is 10.0. The Morgan fingerprint density at radius 3 is 2.41 bits per heavy atom. The van der Waals surface area contributed by atoms with E-state index in [-0.39, 0.29) is 5.82 Å². The Kier molecular flexibility index (Phi) is 7.00. The summed E-state index contributed by atoms with van der Waals surface area (Å²) in [5, 5.41) is 3.52. The van der Waals surface area contributed by atoms with Gasteiger partial charge in [0, 0.05) is 35.6 Å². The van der Waals surface area contributed by atoms with Crippen molar-refractivity contribution in [2.45, 2.75) is 39.2 Å². The van der Waals surface area contributed by atoms with Crippen LogP contribution in [0.25, 0.3) is 5.70 Å². The molecule has 32 heavy (non-hydrogen) atoms. The normalized spacial score (nSPS) is 17.3. The van der Waals surface area contributed by atoms with Crippen molar-refractivity contribution >= 4 is 22.9 Å². The average Bonchev–Trinajstić information content (AvgIpc) is 2.81. The van der Waals surface area contributed by atoms with Crippen LogP contribution in [-0.4, -0.2) is 23.3 Å². The molecule has 164 valence electrons. The first-order valence-corrected chi connectivity index (χ1v) is 11.3. The van der Waals surface area contributed by atoms with Crippen LogP contribution in [0.15, 0.2) is 89.9 Å². The number of anilines is 1. The number of piperidine rings is 1. The fourth-order valence-electron chi connectivity index (χ4n) is 4.13. The van der Waals surface area contributed by atoms with Gasteiger partial charge in [0.25, 0.3) is 0 Å². The largest absolute Gasteiger partial charge is 0.355 e. The Balaban J connectivity index is 1.81. The number of aryl methyl sites for hydroxylation is 1. The van der Waals surface area contributed by atoms with Crippen molar-refractivity contribution in [1.29, 1.82) is 0 Å². The first kappa shape index (κ1) is 21.8. The number of halogens is 1. The third-order valence-electron chi connectivity index (χ3n) is 5.93. The smallest absolute Gasteiger partial charge is 0.131 e. The summed E-state index contributed by atoms with van der Waals surface area (Å²) in [5.41, 5.74) is 4.98. The SMILES string of the molecule is Cc1ccccc1C(=CC(=Nc1ccccc1)N1CCCCC1C)Nc1ccc(F)cc1. The molecule has 0 spiro atoms. The van der Waals surface area contributed by atoms with Crippen LogP contribution in [0.3, 0.4) is 0 Å². The number of likely N-dealkylation sites (tertiary alicyclic amines) is 1. The van der Waals surface area contributed by atoms with Crippen molar-refractivity contribution in [3.63, 3.8) is 0 Å². The van der Waals surface area contributed by atoms with Gasteiger partial charge in [-0.2, -0.15) is 0 Å². The molecule has 3 nitrogen and oxygen atoms in total. The van der Waals surface area contributed by atoms with E-state index in [0.29, 0.717) is 6.04 Å². The van der Waals surface area contributed by atoms with Gasteiger partial charge in [0.2, 0.25) is 0 Å². The van der Waals surface area contributed by atoms with E-state index in [1.807, 2.05) is 42.5 Å². The quantitative estimate of drug-likeness (QED) is 0.345. The maximum absolute atomic E-state index is 13.5. The van der Waals surface area contributed by atoms with Crippen LogP contribution >= 0.6 is 0 Å². The molecule has 1 aliphatic heterocycles. The molecular formula is C28H30FN3. The summed E-state index contributed by atoms with van der Waals surface area (Å²) in [5.74, 6) is 0.696. The molecule has 1 unspecified atom stereocenters. The molecule has 1 fully saturated rings. The lowest BCUT2D eigenvalue weighted by Crippen LogP contribution is -2.41. The van der Waals surface area contributed by atoms with Gasteiger partial charge in [-0.1, -0.05) is 42.5 Å². The Bertz CT molecular complexity index is 1090. The summed E-state index contributed by atoms with van der Waals surface area (Å²) in [6.07, 6.45) is 5.71. The highest BCUT2D eigenvalue weighted by atomic mass is 19.1. The molecule has 0 amide bonds. The highest BCUT2D eigenvalue weighted by Crippen LogP contribution is 2.25. The third kappa shape index (κ3) is 5.44. The van der Waals surface area contributed by atoms with E-state index in [1.165, 1.54) is 24.1 Å². The number of rotatable bonds is 5. The van der Waals surface area contributed by atoms with Crippen LogP contribution in [0.1, 0.15) is 37.3 Å². The van der Waals surface area contributed by atoms with Crippen LogP contribution < -0.4 is 5.32 Å². The van der Waals surface area contributed by atoms with Crippen molar-refractivity contribution < 1.29 is 4.39 Å². The van der Waals surface area contributed by atoms with Crippen molar-refractivity contribution in [2.24, 2.45) is 4.99 Å². The van der Waals surface area contributed by atoms with Crippen molar-refractivity contribution in [3.05, 3.63) is 102 Å². The summed E-state index contributed by atoms with van der Waals surface area (Å²) in [4.78, 5) is 7.45. The van der Waals surface area contributed by atoms with Crippen LogP contribution in [0.4, 0.5) is 15.8 Å². The van der Waals surface area contributed by atoms with Gasteiger partial charge in [-0.15, -0.1) is 0 Å². The summed E-state index contributed by atoms with van der Waals surface area (Å²) < 4.78 is 13.5. The number of amidine groups is 1. The number of hydrogen-bond acceptors (Lipinski definition) is 2. The zero-order valence-electron chi connectivity index (χ0n) is 18.8. The van der Waals surface area contributed by atoms with E-state index in [4.69, 9.17) is 4.99 Å². The van der Waals surface area contributed by atoms with E-state index >= 15 is 0 Å². The van der Waals surface area contributed by atoms with E-state index in [9.17, 15) is 4.39 Å². The minimum absolute atomic E-state index is 0.245. The number of hydrogen-bond donors (Lipinski definition) is 1. The van der Waals surface area contributed by atoms with Gasteiger partial charge in [-0.3, -0.25) is 0 Å². The predicted molar refractivity (Wildman–Crippen MR) is 133 cm³/mol. The fourth-order valence-corrected chi connectivity index (χ4v) is 4.13. The molecular weight excluding hydrogens is 397 g/mol. The van der Waals surface area contributed by atoms with E-state index in [1.54, 1.807) is 12.1 Å². The van der Waals surface area contributed by atoms with E-state index < -0.39 is 0 Å². The Morgan fingerprint density at radius 2 is 1.69 bits per heavy atom. The van der Waals surface area contributed by atoms with Gasteiger partial charge in [-0.25, -0.2) is 9.38 Å². The zero-order chi connectivity index (χ0) is 22.3. The topological polar surface area (TPSA) is 27.6 Å². The van der Waals surface area contributed by atoms with Gasteiger partial charge in [-0.05, 0) is 75.1 Å². The standard InChI is InChI=1S/C28H30FN3/c1-21-10-6-7-14-26(21)27(30-25-17-15-23(29)16-18-25)20-28(31-24-12-4-3-5-13-24)32-19-9-8-11-22(32)2/h3-7,10,12-18,20,22,30H,8-9,11,19H2,1-2H3. The lowest BCUT2D eigenvalue weighted by Gasteiger charge is -2.35.